The highest BCUT2D eigenvalue weighted by Gasteiger charge is 2.31. The number of nitrogens with zero attached hydrogens (tertiary/aromatic N) is 3. The van der Waals surface area contributed by atoms with Crippen LogP contribution in [0, 0.1) is 0 Å². The van der Waals surface area contributed by atoms with Crippen LogP contribution in [0.4, 0.5) is 30.5 Å². The van der Waals surface area contributed by atoms with Crippen LogP contribution in [0.3, 0.4) is 0 Å². The summed E-state index contributed by atoms with van der Waals surface area (Å²) in [6.45, 7) is 3.79. The molecule has 1 saturated carbocycles. The van der Waals surface area contributed by atoms with Gasteiger partial charge in [0, 0.05) is 29.4 Å². The number of halogens is 3. The molecule has 9 nitrogen and oxygen atoms in total. The maximum absolute atomic E-state index is 12.6. The largest absolute Gasteiger partial charge is 0.573 e. The first-order valence-electron chi connectivity index (χ1n) is 10.0. The maximum atomic E-state index is 12.6. The number of alkyl halides is 3. The molecule has 0 unspecified atom stereocenters. The van der Waals surface area contributed by atoms with E-state index in [9.17, 15) is 18.0 Å². The van der Waals surface area contributed by atoms with Crippen LogP contribution in [0.25, 0.3) is 18.3 Å². The summed E-state index contributed by atoms with van der Waals surface area (Å²) in [4.78, 5) is 21.4. The number of aromatic amines is 2. The zero-order chi connectivity index (χ0) is 23.2. The van der Waals surface area contributed by atoms with Gasteiger partial charge in [-0.25, -0.2) is 9.78 Å². The summed E-state index contributed by atoms with van der Waals surface area (Å²) < 4.78 is 43.3. The molecule has 33 heavy (non-hydrogen) atoms. The molecule has 1 fully saturated rings. The van der Waals surface area contributed by atoms with Gasteiger partial charge in [0.05, 0.1) is 16.9 Å². The van der Waals surface area contributed by atoms with Gasteiger partial charge in [0.15, 0.2) is 5.65 Å². The molecule has 5 rings (SSSR count). The minimum atomic E-state index is -4.79. The fourth-order valence-corrected chi connectivity index (χ4v) is 3.32. The quantitative estimate of drug-likeness (QED) is 0.353. The van der Waals surface area contributed by atoms with E-state index in [1.807, 2.05) is 0 Å². The second-order valence-corrected chi connectivity index (χ2v) is 7.60. The average molecular weight is 457 g/mol. The lowest BCUT2D eigenvalue weighted by Gasteiger charge is -2.13. The molecule has 3 aromatic heterocycles. The average Bonchev–Trinajstić information content (AvgIpc) is 3.36. The molecular formula is C21H18F3N7O2. The van der Waals surface area contributed by atoms with E-state index in [2.05, 4.69) is 42.0 Å². The summed E-state index contributed by atoms with van der Waals surface area (Å²) in [7, 11) is 0. The molecule has 4 aromatic rings. The van der Waals surface area contributed by atoms with Crippen LogP contribution >= 0.6 is 0 Å². The third kappa shape index (κ3) is 4.68. The van der Waals surface area contributed by atoms with Crippen molar-refractivity contribution in [1.82, 2.24) is 24.6 Å². The molecule has 1 aliphatic carbocycles. The van der Waals surface area contributed by atoms with Crippen molar-refractivity contribution in [2.75, 3.05) is 10.6 Å². The molecule has 0 spiro atoms. The smallest absolute Gasteiger partial charge is 0.406 e. The molecule has 0 atom stereocenters. The number of rotatable bonds is 6. The normalized spacial score (nSPS) is 14.6. The lowest BCUT2D eigenvalue weighted by atomic mass is 10.3. The number of benzene rings is 1. The van der Waals surface area contributed by atoms with Crippen molar-refractivity contribution in [3.05, 3.63) is 63.3 Å². The fourth-order valence-electron chi connectivity index (χ4n) is 3.32. The van der Waals surface area contributed by atoms with Crippen LogP contribution in [0.15, 0.2) is 41.3 Å². The van der Waals surface area contributed by atoms with Gasteiger partial charge >= 0.3 is 12.1 Å². The van der Waals surface area contributed by atoms with Crippen LogP contribution in [0.5, 0.6) is 5.75 Å². The maximum Gasteiger partial charge on any atom is 0.573 e. The van der Waals surface area contributed by atoms with E-state index in [0.29, 0.717) is 45.3 Å². The minimum Gasteiger partial charge on any atom is -0.406 e. The monoisotopic (exact) mass is 457 g/mol. The summed E-state index contributed by atoms with van der Waals surface area (Å²) in [5.74, 6) is 0.717. The number of fused-ring (bicyclic) bond motifs is 1. The lowest BCUT2D eigenvalue weighted by Crippen LogP contribution is -2.22. The van der Waals surface area contributed by atoms with Gasteiger partial charge in [-0.3, -0.25) is 0 Å². The lowest BCUT2D eigenvalue weighted by molar-refractivity contribution is -0.274. The molecule has 1 aliphatic rings. The topological polar surface area (TPSA) is 112 Å². The molecule has 12 heteroatoms. The Morgan fingerprint density at radius 1 is 1.24 bits per heavy atom. The number of ether oxygens (including phenoxy) is 1. The van der Waals surface area contributed by atoms with Crippen LogP contribution in [-0.2, 0) is 0 Å². The van der Waals surface area contributed by atoms with E-state index in [4.69, 9.17) is 0 Å². The van der Waals surface area contributed by atoms with Gasteiger partial charge in [-0.05, 0) is 31.1 Å². The van der Waals surface area contributed by atoms with E-state index >= 15 is 0 Å². The molecule has 170 valence electrons. The standard InChI is InChI=1S/C21H18F3N7O2/c1-11-16(29-20(32)26-11)7-12-10-25-31-18(28-13-5-6-13)9-17(30-19(12)31)27-14-3-2-4-15(8-14)33-21(22,23)24/h2-4,7-10,13,28H,1,5-6H2,(H,27,30)(H2,26,29,32)/b16-7-. The second kappa shape index (κ2) is 7.73. The zero-order valence-corrected chi connectivity index (χ0v) is 17.0. The first-order chi connectivity index (χ1) is 15.7. The van der Waals surface area contributed by atoms with E-state index in [1.54, 1.807) is 28.9 Å². The number of hydrogen-bond donors (Lipinski definition) is 4. The summed E-state index contributed by atoms with van der Waals surface area (Å²) in [5, 5.41) is 11.7. The molecule has 4 N–H and O–H groups in total. The van der Waals surface area contributed by atoms with E-state index in [0.717, 1.165) is 12.8 Å². The van der Waals surface area contributed by atoms with Crippen molar-refractivity contribution < 1.29 is 17.9 Å². The first-order valence-corrected chi connectivity index (χ1v) is 10.0. The van der Waals surface area contributed by atoms with Gasteiger partial charge in [0.2, 0.25) is 0 Å². The number of nitrogens with one attached hydrogen (secondary N) is 4. The SMILES string of the molecule is C=c1[nH]c(=O)[nH]/c1=C\c1cnn2c(NC3CC3)cc(Nc3cccc(OC(F)(F)F)c3)nc12. The Bertz CT molecular complexity index is 1500. The molecule has 0 bridgehead atoms. The summed E-state index contributed by atoms with van der Waals surface area (Å²) in [5.41, 5.74) is 1.08. The fraction of sp³-hybridized carbons (Fsp3) is 0.190. The second-order valence-electron chi connectivity index (χ2n) is 7.60. The Balaban J connectivity index is 1.56. The number of anilines is 3. The van der Waals surface area contributed by atoms with Crippen molar-refractivity contribution in [2.45, 2.75) is 25.2 Å². The highest BCUT2D eigenvalue weighted by atomic mass is 19.4. The molecule has 0 saturated heterocycles. The highest BCUT2D eigenvalue weighted by Crippen LogP contribution is 2.29. The summed E-state index contributed by atoms with van der Waals surface area (Å²) in [6.07, 6.45) is 0.564. The summed E-state index contributed by atoms with van der Waals surface area (Å²) in [6, 6.07) is 7.54. The number of hydrogen-bond acceptors (Lipinski definition) is 6. The molecule has 0 radical (unpaired) electrons. The van der Waals surface area contributed by atoms with Crippen molar-refractivity contribution in [3.8, 4) is 5.75 Å². The number of imidazole rings is 1. The number of H-pyrrole nitrogens is 2. The van der Waals surface area contributed by atoms with Gasteiger partial charge in [0.25, 0.3) is 0 Å². The van der Waals surface area contributed by atoms with Crippen molar-refractivity contribution in [2.24, 2.45) is 0 Å². The highest BCUT2D eigenvalue weighted by molar-refractivity contribution is 5.71. The van der Waals surface area contributed by atoms with Crippen LogP contribution in [0.2, 0.25) is 0 Å². The zero-order valence-electron chi connectivity index (χ0n) is 17.0. The van der Waals surface area contributed by atoms with E-state index < -0.39 is 6.36 Å². The Morgan fingerprint density at radius 3 is 2.76 bits per heavy atom. The van der Waals surface area contributed by atoms with Gasteiger partial charge < -0.3 is 25.3 Å². The van der Waals surface area contributed by atoms with Crippen LogP contribution < -0.4 is 31.8 Å². The van der Waals surface area contributed by atoms with Crippen LogP contribution in [0.1, 0.15) is 18.4 Å². The third-order valence-corrected chi connectivity index (χ3v) is 4.91. The third-order valence-electron chi connectivity index (χ3n) is 4.91. The van der Waals surface area contributed by atoms with Crippen LogP contribution in [-0.4, -0.2) is 37.0 Å². The molecule has 1 aromatic carbocycles. The Morgan fingerprint density at radius 2 is 2.06 bits per heavy atom. The molecule has 0 amide bonds. The van der Waals surface area contributed by atoms with Gasteiger partial charge in [-0.1, -0.05) is 12.6 Å². The van der Waals surface area contributed by atoms with E-state index in [1.165, 1.54) is 18.2 Å². The van der Waals surface area contributed by atoms with Crippen molar-refractivity contribution >= 4 is 35.6 Å². The predicted molar refractivity (Wildman–Crippen MR) is 116 cm³/mol. The Labute approximate surface area is 183 Å². The van der Waals surface area contributed by atoms with E-state index in [-0.39, 0.29) is 11.4 Å². The minimum absolute atomic E-state index is 0.316. The van der Waals surface area contributed by atoms with Gasteiger partial charge in [-0.2, -0.15) is 9.61 Å². The number of aromatic nitrogens is 5. The van der Waals surface area contributed by atoms with Crippen molar-refractivity contribution in [3.63, 3.8) is 0 Å². The first kappa shape index (κ1) is 20.7. The summed E-state index contributed by atoms with van der Waals surface area (Å²) >= 11 is 0. The van der Waals surface area contributed by atoms with Crippen molar-refractivity contribution in [1.29, 1.82) is 0 Å². The molecule has 3 heterocycles. The molecule has 0 aliphatic heterocycles. The van der Waals surface area contributed by atoms with Gasteiger partial charge in [-0.15, -0.1) is 13.2 Å². The van der Waals surface area contributed by atoms with Gasteiger partial charge in [0.1, 0.15) is 17.4 Å². The Kier molecular flexibility index (Phi) is 4.84. The molecular weight excluding hydrogens is 439 g/mol. The predicted octanol–water partition coefficient (Wildman–Crippen LogP) is 2.20. The Hall–Kier alpha value is -4.22.